The number of rotatable bonds is 4. The van der Waals surface area contributed by atoms with Crippen LogP contribution >= 0.6 is 0 Å². The van der Waals surface area contributed by atoms with Gasteiger partial charge in [-0.2, -0.15) is 5.10 Å². The summed E-state index contributed by atoms with van der Waals surface area (Å²) in [7, 11) is 3.22. The number of fused-ring (bicyclic) bond motifs is 1. The minimum Gasteiger partial charge on any atom is -0.494 e. The van der Waals surface area contributed by atoms with Gasteiger partial charge in [-0.05, 0) is 30.7 Å². The van der Waals surface area contributed by atoms with E-state index < -0.39 is 5.82 Å². The normalized spacial score (nSPS) is 10.8. The fourth-order valence-electron chi connectivity index (χ4n) is 2.59. The highest BCUT2D eigenvalue weighted by Gasteiger charge is 2.11. The molecule has 3 aromatic rings. The smallest absolute Gasteiger partial charge is 0.228 e. The number of nitrogens with one attached hydrogen (secondary N) is 1. The van der Waals surface area contributed by atoms with Gasteiger partial charge in [-0.3, -0.25) is 9.48 Å². The number of pyridine rings is 1. The number of carbonyl (C=O) groups excluding carboxylic acids is 1. The number of aromatic nitrogens is 3. The second-order valence-electron chi connectivity index (χ2n) is 5.50. The van der Waals surface area contributed by atoms with Crippen LogP contribution in [-0.4, -0.2) is 27.8 Å². The highest BCUT2D eigenvalue weighted by molar-refractivity contribution is 5.94. The standard InChI is InChI=1S/C17H17FN4O2/c1-10-13-8-12(9-19-17(13)22(2)21-10)20-16(23)7-11-4-5-15(24-3)14(18)6-11/h4-6,8-9H,7H2,1-3H3,(H,20,23). The average Bonchev–Trinajstić information content (AvgIpc) is 2.82. The summed E-state index contributed by atoms with van der Waals surface area (Å²) in [6.07, 6.45) is 1.64. The number of ether oxygens (including phenoxy) is 1. The highest BCUT2D eigenvalue weighted by atomic mass is 19.1. The maximum Gasteiger partial charge on any atom is 0.228 e. The minimum absolute atomic E-state index is 0.0605. The molecule has 0 unspecified atom stereocenters. The third-order valence-corrected chi connectivity index (χ3v) is 3.73. The van der Waals surface area contributed by atoms with Crippen LogP contribution in [0.5, 0.6) is 5.75 Å². The van der Waals surface area contributed by atoms with Crippen LogP contribution in [0.1, 0.15) is 11.3 Å². The van der Waals surface area contributed by atoms with Crippen molar-refractivity contribution < 1.29 is 13.9 Å². The molecule has 0 atom stereocenters. The monoisotopic (exact) mass is 328 g/mol. The average molecular weight is 328 g/mol. The van der Waals surface area contributed by atoms with E-state index in [1.165, 1.54) is 19.2 Å². The molecule has 6 nitrogen and oxygen atoms in total. The molecule has 3 rings (SSSR count). The SMILES string of the molecule is COc1ccc(CC(=O)Nc2cnc3c(c2)c(C)nn3C)cc1F. The van der Waals surface area contributed by atoms with E-state index in [4.69, 9.17) is 4.74 Å². The number of methoxy groups -OCH3 is 1. The zero-order valence-corrected chi connectivity index (χ0v) is 13.6. The molecule has 0 saturated heterocycles. The molecule has 0 aliphatic carbocycles. The van der Waals surface area contributed by atoms with Gasteiger partial charge in [-0.25, -0.2) is 9.37 Å². The van der Waals surface area contributed by atoms with Crippen LogP contribution in [0.3, 0.4) is 0 Å². The summed E-state index contributed by atoms with van der Waals surface area (Å²) < 4.78 is 20.2. The molecule has 0 fully saturated rings. The summed E-state index contributed by atoms with van der Waals surface area (Å²) in [6, 6.07) is 6.29. The van der Waals surface area contributed by atoms with Crippen molar-refractivity contribution in [2.24, 2.45) is 7.05 Å². The zero-order valence-electron chi connectivity index (χ0n) is 13.6. The number of anilines is 1. The van der Waals surface area contributed by atoms with Crippen molar-refractivity contribution in [2.75, 3.05) is 12.4 Å². The first-order chi connectivity index (χ1) is 11.5. The van der Waals surface area contributed by atoms with Crippen LogP contribution in [-0.2, 0) is 18.3 Å². The van der Waals surface area contributed by atoms with Gasteiger partial charge < -0.3 is 10.1 Å². The molecule has 0 bridgehead atoms. The van der Waals surface area contributed by atoms with Gasteiger partial charge in [0.25, 0.3) is 0 Å². The van der Waals surface area contributed by atoms with Crippen molar-refractivity contribution >= 4 is 22.6 Å². The van der Waals surface area contributed by atoms with Crippen molar-refractivity contribution in [3.8, 4) is 5.75 Å². The number of carbonyl (C=O) groups is 1. The molecule has 24 heavy (non-hydrogen) atoms. The summed E-state index contributed by atoms with van der Waals surface area (Å²) in [4.78, 5) is 16.5. The van der Waals surface area contributed by atoms with E-state index in [0.29, 0.717) is 11.3 Å². The quantitative estimate of drug-likeness (QED) is 0.799. The van der Waals surface area contributed by atoms with Crippen molar-refractivity contribution in [3.05, 3.63) is 47.5 Å². The molecule has 0 aliphatic rings. The van der Waals surface area contributed by atoms with Gasteiger partial charge in [-0.15, -0.1) is 0 Å². The third-order valence-electron chi connectivity index (χ3n) is 3.73. The van der Waals surface area contributed by atoms with Crippen LogP contribution in [0.25, 0.3) is 11.0 Å². The Morgan fingerprint density at radius 3 is 2.88 bits per heavy atom. The van der Waals surface area contributed by atoms with Crippen molar-refractivity contribution in [2.45, 2.75) is 13.3 Å². The molecule has 2 aromatic heterocycles. The fourth-order valence-corrected chi connectivity index (χ4v) is 2.59. The topological polar surface area (TPSA) is 69.0 Å². The maximum absolute atomic E-state index is 13.7. The summed E-state index contributed by atoms with van der Waals surface area (Å²) in [5, 5.41) is 7.95. The van der Waals surface area contributed by atoms with Gasteiger partial charge in [0.15, 0.2) is 17.2 Å². The first-order valence-electron chi connectivity index (χ1n) is 7.39. The Morgan fingerprint density at radius 1 is 1.38 bits per heavy atom. The molecular weight excluding hydrogens is 311 g/mol. The van der Waals surface area contributed by atoms with Crippen LogP contribution < -0.4 is 10.1 Å². The van der Waals surface area contributed by atoms with E-state index in [0.717, 1.165) is 16.7 Å². The van der Waals surface area contributed by atoms with Crippen molar-refractivity contribution in [1.82, 2.24) is 14.8 Å². The van der Waals surface area contributed by atoms with E-state index in [1.54, 1.807) is 16.9 Å². The number of aryl methyl sites for hydroxylation is 2. The molecule has 0 saturated carbocycles. The summed E-state index contributed by atoms with van der Waals surface area (Å²) in [6.45, 7) is 1.88. The van der Waals surface area contributed by atoms with Gasteiger partial charge in [0.1, 0.15) is 0 Å². The summed E-state index contributed by atoms with van der Waals surface area (Å²) in [5.41, 5.74) is 2.74. The van der Waals surface area contributed by atoms with Crippen LogP contribution in [0, 0.1) is 12.7 Å². The molecule has 0 spiro atoms. The van der Waals surface area contributed by atoms with Crippen LogP contribution in [0.2, 0.25) is 0 Å². The Labute approximate surface area is 138 Å². The van der Waals surface area contributed by atoms with Gasteiger partial charge in [0.05, 0.1) is 31.1 Å². The molecule has 0 aliphatic heterocycles. The number of halogens is 1. The lowest BCUT2D eigenvalue weighted by molar-refractivity contribution is -0.115. The van der Waals surface area contributed by atoms with Crippen molar-refractivity contribution in [1.29, 1.82) is 0 Å². The first kappa shape index (κ1) is 15.9. The van der Waals surface area contributed by atoms with E-state index in [1.807, 2.05) is 20.0 Å². The maximum atomic E-state index is 13.7. The van der Waals surface area contributed by atoms with Crippen LogP contribution in [0.15, 0.2) is 30.5 Å². The Balaban J connectivity index is 1.75. The molecular formula is C17H17FN4O2. The van der Waals surface area contributed by atoms with Gasteiger partial charge in [-0.1, -0.05) is 6.07 Å². The van der Waals surface area contributed by atoms with Crippen LogP contribution in [0.4, 0.5) is 10.1 Å². The van der Waals surface area contributed by atoms with E-state index in [2.05, 4.69) is 15.4 Å². The lowest BCUT2D eigenvalue weighted by atomic mass is 10.1. The Hall–Kier alpha value is -2.96. The summed E-state index contributed by atoms with van der Waals surface area (Å²) in [5.74, 6) is -0.583. The lowest BCUT2D eigenvalue weighted by Crippen LogP contribution is -2.14. The molecule has 124 valence electrons. The fraction of sp³-hybridized carbons (Fsp3) is 0.235. The first-order valence-corrected chi connectivity index (χ1v) is 7.39. The Morgan fingerprint density at radius 2 is 2.17 bits per heavy atom. The Kier molecular flexibility index (Phi) is 4.16. The van der Waals surface area contributed by atoms with E-state index in [-0.39, 0.29) is 18.1 Å². The molecule has 2 heterocycles. The highest BCUT2D eigenvalue weighted by Crippen LogP contribution is 2.20. The molecule has 1 N–H and O–H groups in total. The predicted molar refractivity (Wildman–Crippen MR) is 88.5 cm³/mol. The van der Waals surface area contributed by atoms with Gasteiger partial charge in [0, 0.05) is 12.4 Å². The second-order valence-corrected chi connectivity index (χ2v) is 5.50. The Bertz CT molecular complexity index is 920. The van der Waals surface area contributed by atoms with Gasteiger partial charge >= 0.3 is 0 Å². The lowest BCUT2D eigenvalue weighted by Gasteiger charge is -2.07. The van der Waals surface area contributed by atoms with E-state index in [9.17, 15) is 9.18 Å². The van der Waals surface area contributed by atoms with E-state index >= 15 is 0 Å². The number of amides is 1. The third kappa shape index (κ3) is 3.05. The minimum atomic E-state index is -0.489. The number of nitrogens with zero attached hydrogens (tertiary/aromatic N) is 3. The number of hydrogen-bond acceptors (Lipinski definition) is 4. The zero-order chi connectivity index (χ0) is 17.3. The second kappa shape index (κ2) is 6.27. The molecule has 7 heteroatoms. The van der Waals surface area contributed by atoms with Gasteiger partial charge in [0.2, 0.25) is 5.91 Å². The molecule has 0 radical (unpaired) electrons. The number of hydrogen-bond donors (Lipinski definition) is 1. The molecule has 1 amide bonds. The summed E-state index contributed by atoms with van der Waals surface area (Å²) >= 11 is 0. The molecule has 1 aromatic carbocycles. The van der Waals surface area contributed by atoms with Crippen molar-refractivity contribution in [3.63, 3.8) is 0 Å². The largest absolute Gasteiger partial charge is 0.494 e. The predicted octanol–water partition coefficient (Wildman–Crippen LogP) is 2.61. The number of benzene rings is 1.